The van der Waals surface area contributed by atoms with Gasteiger partial charge in [0.2, 0.25) is 12.7 Å². The lowest BCUT2D eigenvalue weighted by Crippen LogP contribution is -2.28. The van der Waals surface area contributed by atoms with Crippen molar-refractivity contribution in [3.8, 4) is 11.5 Å². The van der Waals surface area contributed by atoms with E-state index in [2.05, 4.69) is 0 Å². The summed E-state index contributed by atoms with van der Waals surface area (Å²) in [4.78, 5) is 13.4. The van der Waals surface area contributed by atoms with Crippen molar-refractivity contribution in [1.29, 1.82) is 0 Å². The van der Waals surface area contributed by atoms with Crippen LogP contribution in [0.1, 0.15) is 18.4 Å². The minimum absolute atomic E-state index is 0.0573. The van der Waals surface area contributed by atoms with Gasteiger partial charge in [0, 0.05) is 26.6 Å². The molecule has 5 nitrogen and oxygen atoms in total. The SMILES string of the molecule is CN(CCc1ccc2c(c1)OCO2)C(=O)CCCO. The summed E-state index contributed by atoms with van der Waals surface area (Å²) in [5, 5.41) is 8.70. The van der Waals surface area contributed by atoms with Gasteiger partial charge in [0.05, 0.1) is 0 Å². The van der Waals surface area contributed by atoms with Gasteiger partial charge in [-0.05, 0) is 30.5 Å². The summed E-state index contributed by atoms with van der Waals surface area (Å²) in [5.74, 6) is 1.61. The minimum Gasteiger partial charge on any atom is -0.454 e. The summed E-state index contributed by atoms with van der Waals surface area (Å²) >= 11 is 0. The topological polar surface area (TPSA) is 59.0 Å². The zero-order chi connectivity index (χ0) is 13.7. The molecular formula is C14H19NO4. The number of fused-ring (bicyclic) bond motifs is 1. The van der Waals surface area contributed by atoms with E-state index >= 15 is 0 Å². The molecular weight excluding hydrogens is 246 g/mol. The molecule has 2 rings (SSSR count). The van der Waals surface area contributed by atoms with Crippen molar-refractivity contribution < 1.29 is 19.4 Å². The number of nitrogens with zero attached hydrogens (tertiary/aromatic N) is 1. The quantitative estimate of drug-likeness (QED) is 0.839. The zero-order valence-corrected chi connectivity index (χ0v) is 11.1. The third kappa shape index (κ3) is 3.61. The molecule has 0 aliphatic carbocycles. The van der Waals surface area contributed by atoms with Crippen LogP contribution in [0.15, 0.2) is 18.2 Å². The fraction of sp³-hybridized carbons (Fsp3) is 0.500. The van der Waals surface area contributed by atoms with Crippen molar-refractivity contribution >= 4 is 5.91 Å². The van der Waals surface area contributed by atoms with Crippen LogP contribution < -0.4 is 9.47 Å². The summed E-state index contributed by atoms with van der Waals surface area (Å²) in [6.45, 7) is 0.990. The molecule has 0 spiro atoms. The predicted molar refractivity (Wildman–Crippen MR) is 70.2 cm³/mol. The van der Waals surface area contributed by atoms with E-state index in [0.29, 0.717) is 19.4 Å². The van der Waals surface area contributed by atoms with Gasteiger partial charge in [-0.15, -0.1) is 0 Å². The average molecular weight is 265 g/mol. The Balaban J connectivity index is 1.83. The lowest BCUT2D eigenvalue weighted by atomic mass is 10.1. The van der Waals surface area contributed by atoms with E-state index in [0.717, 1.165) is 23.5 Å². The van der Waals surface area contributed by atoms with Crippen molar-refractivity contribution in [1.82, 2.24) is 4.90 Å². The molecule has 0 radical (unpaired) electrons. The molecule has 19 heavy (non-hydrogen) atoms. The lowest BCUT2D eigenvalue weighted by Gasteiger charge is -2.17. The number of aliphatic hydroxyl groups is 1. The Morgan fingerprint density at radius 2 is 2.16 bits per heavy atom. The van der Waals surface area contributed by atoms with Crippen LogP contribution in [-0.4, -0.2) is 42.9 Å². The maximum Gasteiger partial charge on any atom is 0.231 e. The molecule has 0 bridgehead atoms. The second kappa shape index (κ2) is 6.43. The van der Waals surface area contributed by atoms with Crippen LogP contribution in [0.5, 0.6) is 11.5 Å². The number of rotatable bonds is 6. The Labute approximate surface area is 112 Å². The summed E-state index contributed by atoms with van der Waals surface area (Å²) in [6, 6.07) is 5.83. The Bertz CT molecular complexity index is 447. The van der Waals surface area contributed by atoms with Gasteiger partial charge in [-0.2, -0.15) is 0 Å². The van der Waals surface area contributed by atoms with E-state index < -0.39 is 0 Å². The highest BCUT2D eigenvalue weighted by Gasteiger charge is 2.14. The first-order valence-electron chi connectivity index (χ1n) is 6.44. The van der Waals surface area contributed by atoms with Crippen LogP contribution >= 0.6 is 0 Å². The third-order valence-corrected chi connectivity index (χ3v) is 3.15. The summed E-state index contributed by atoms with van der Waals surface area (Å²) in [6.07, 6.45) is 1.69. The van der Waals surface area contributed by atoms with Gasteiger partial charge in [-0.3, -0.25) is 4.79 Å². The monoisotopic (exact) mass is 265 g/mol. The number of hydrogen-bond acceptors (Lipinski definition) is 4. The number of amides is 1. The molecule has 1 aliphatic rings. The van der Waals surface area contributed by atoms with Gasteiger partial charge >= 0.3 is 0 Å². The first kappa shape index (κ1) is 13.7. The Kier molecular flexibility index (Phi) is 4.63. The van der Waals surface area contributed by atoms with E-state index in [4.69, 9.17) is 14.6 Å². The maximum absolute atomic E-state index is 11.7. The van der Waals surface area contributed by atoms with Gasteiger partial charge in [0.25, 0.3) is 0 Å². The minimum atomic E-state index is 0.0573. The van der Waals surface area contributed by atoms with E-state index in [1.165, 1.54) is 0 Å². The zero-order valence-electron chi connectivity index (χ0n) is 11.1. The molecule has 0 saturated carbocycles. The van der Waals surface area contributed by atoms with E-state index in [9.17, 15) is 4.79 Å². The van der Waals surface area contributed by atoms with Crippen molar-refractivity contribution in [2.45, 2.75) is 19.3 Å². The third-order valence-electron chi connectivity index (χ3n) is 3.15. The van der Waals surface area contributed by atoms with Crippen LogP contribution in [0.25, 0.3) is 0 Å². The summed E-state index contributed by atoms with van der Waals surface area (Å²) in [7, 11) is 1.78. The number of ether oxygens (including phenoxy) is 2. The number of aliphatic hydroxyl groups excluding tert-OH is 1. The maximum atomic E-state index is 11.7. The molecule has 0 saturated heterocycles. The second-order valence-corrected chi connectivity index (χ2v) is 4.58. The molecule has 1 aromatic rings. The molecule has 5 heteroatoms. The van der Waals surface area contributed by atoms with Gasteiger partial charge < -0.3 is 19.5 Å². The molecule has 1 aromatic carbocycles. The smallest absolute Gasteiger partial charge is 0.231 e. The van der Waals surface area contributed by atoms with Crippen LogP contribution in [0, 0.1) is 0 Å². The number of carbonyl (C=O) groups is 1. The number of carbonyl (C=O) groups excluding carboxylic acids is 1. The molecule has 1 N–H and O–H groups in total. The van der Waals surface area contributed by atoms with E-state index in [1.807, 2.05) is 18.2 Å². The molecule has 1 heterocycles. The lowest BCUT2D eigenvalue weighted by molar-refractivity contribution is -0.130. The molecule has 0 unspecified atom stereocenters. The van der Waals surface area contributed by atoms with Crippen LogP contribution in [-0.2, 0) is 11.2 Å². The van der Waals surface area contributed by atoms with Gasteiger partial charge in [0.15, 0.2) is 11.5 Å². The first-order chi connectivity index (χ1) is 9.20. The number of hydrogen-bond donors (Lipinski definition) is 1. The average Bonchev–Trinajstić information content (AvgIpc) is 2.89. The highest BCUT2D eigenvalue weighted by Crippen LogP contribution is 2.32. The van der Waals surface area contributed by atoms with Crippen molar-refractivity contribution in [3.05, 3.63) is 23.8 Å². The Morgan fingerprint density at radius 3 is 2.95 bits per heavy atom. The fourth-order valence-corrected chi connectivity index (χ4v) is 1.94. The van der Waals surface area contributed by atoms with Gasteiger partial charge in [-0.25, -0.2) is 0 Å². The first-order valence-corrected chi connectivity index (χ1v) is 6.44. The highest BCUT2D eigenvalue weighted by molar-refractivity contribution is 5.75. The number of benzene rings is 1. The molecule has 1 amide bonds. The van der Waals surface area contributed by atoms with Gasteiger partial charge in [-0.1, -0.05) is 6.07 Å². The van der Waals surface area contributed by atoms with Gasteiger partial charge in [0.1, 0.15) is 0 Å². The summed E-state index contributed by atoms with van der Waals surface area (Å²) in [5.41, 5.74) is 1.12. The van der Waals surface area contributed by atoms with Crippen molar-refractivity contribution in [2.75, 3.05) is 27.0 Å². The molecule has 0 aromatic heterocycles. The standard InChI is InChI=1S/C14H19NO4/c1-15(14(17)3-2-8-16)7-6-11-4-5-12-13(9-11)19-10-18-12/h4-5,9,16H,2-3,6-8,10H2,1H3. The highest BCUT2D eigenvalue weighted by atomic mass is 16.7. The molecule has 0 fully saturated rings. The van der Waals surface area contributed by atoms with Crippen LogP contribution in [0.2, 0.25) is 0 Å². The van der Waals surface area contributed by atoms with Crippen LogP contribution in [0.3, 0.4) is 0 Å². The van der Waals surface area contributed by atoms with Crippen LogP contribution in [0.4, 0.5) is 0 Å². The normalized spacial score (nSPS) is 12.5. The largest absolute Gasteiger partial charge is 0.454 e. The summed E-state index contributed by atoms with van der Waals surface area (Å²) < 4.78 is 10.6. The second-order valence-electron chi connectivity index (χ2n) is 4.58. The Hall–Kier alpha value is -1.75. The molecule has 0 atom stereocenters. The van der Waals surface area contributed by atoms with Crippen molar-refractivity contribution in [2.24, 2.45) is 0 Å². The predicted octanol–water partition coefficient (Wildman–Crippen LogP) is 1.19. The molecule has 104 valence electrons. The van der Waals surface area contributed by atoms with E-state index in [-0.39, 0.29) is 19.3 Å². The fourth-order valence-electron chi connectivity index (χ4n) is 1.94. The Morgan fingerprint density at radius 1 is 1.37 bits per heavy atom. The number of likely N-dealkylation sites (N-methyl/N-ethyl adjacent to an activating group) is 1. The van der Waals surface area contributed by atoms with E-state index in [1.54, 1.807) is 11.9 Å². The van der Waals surface area contributed by atoms with Crippen molar-refractivity contribution in [3.63, 3.8) is 0 Å². The molecule has 1 aliphatic heterocycles.